The Bertz CT molecular complexity index is 425. The summed E-state index contributed by atoms with van der Waals surface area (Å²) in [4.78, 5) is 31.0. The number of thiazole rings is 1. The van der Waals surface area contributed by atoms with Crippen molar-refractivity contribution in [3.05, 3.63) is 11.6 Å². The van der Waals surface area contributed by atoms with E-state index in [0.29, 0.717) is 13.1 Å². The van der Waals surface area contributed by atoms with E-state index in [1.165, 1.54) is 11.3 Å². The molecular formula is C12H17N3O2S. The highest BCUT2D eigenvalue weighted by atomic mass is 32.1. The van der Waals surface area contributed by atoms with Crippen molar-refractivity contribution in [2.24, 2.45) is 5.92 Å². The van der Waals surface area contributed by atoms with E-state index in [1.54, 1.807) is 30.0 Å². The van der Waals surface area contributed by atoms with Crippen LogP contribution in [0.3, 0.4) is 0 Å². The third-order valence-electron chi connectivity index (χ3n) is 3.33. The molecule has 0 unspecified atom stereocenters. The van der Waals surface area contributed by atoms with E-state index in [0.717, 1.165) is 18.0 Å². The fraction of sp³-hybridized carbons (Fsp3) is 0.583. The Balaban J connectivity index is 1.93. The zero-order chi connectivity index (χ0) is 13.1. The Morgan fingerprint density at radius 1 is 1.44 bits per heavy atom. The van der Waals surface area contributed by atoms with E-state index in [-0.39, 0.29) is 17.7 Å². The lowest BCUT2D eigenvalue weighted by Gasteiger charge is -2.32. The molecule has 1 aromatic heterocycles. The fourth-order valence-electron chi connectivity index (χ4n) is 2.19. The summed E-state index contributed by atoms with van der Waals surface area (Å²) in [6.07, 6.45) is 3.18. The van der Waals surface area contributed by atoms with E-state index >= 15 is 0 Å². The standard InChI is InChI=1S/C12H17N3O2S/c1-9(16)15-6-3-10(4-7-15)11(17)14(2)12-13-5-8-18-12/h5,8,10H,3-4,6-7H2,1-2H3. The minimum Gasteiger partial charge on any atom is -0.343 e. The highest BCUT2D eigenvalue weighted by molar-refractivity contribution is 7.13. The molecule has 0 bridgehead atoms. The van der Waals surface area contributed by atoms with Crippen LogP contribution in [0.4, 0.5) is 5.13 Å². The molecule has 0 radical (unpaired) electrons. The molecule has 98 valence electrons. The zero-order valence-electron chi connectivity index (χ0n) is 10.6. The van der Waals surface area contributed by atoms with Crippen molar-refractivity contribution in [1.29, 1.82) is 0 Å². The van der Waals surface area contributed by atoms with Gasteiger partial charge in [0.1, 0.15) is 0 Å². The van der Waals surface area contributed by atoms with Crippen LogP contribution in [0.2, 0.25) is 0 Å². The van der Waals surface area contributed by atoms with Gasteiger partial charge in [-0.05, 0) is 12.8 Å². The van der Waals surface area contributed by atoms with Gasteiger partial charge in [-0.3, -0.25) is 14.5 Å². The highest BCUT2D eigenvalue weighted by Crippen LogP contribution is 2.23. The lowest BCUT2D eigenvalue weighted by molar-refractivity contribution is -0.133. The topological polar surface area (TPSA) is 53.5 Å². The average Bonchev–Trinajstić information content (AvgIpc) is 2.91. The van der Waals surface area contributed by atoms with Crippen molar-refractivity contribution in [2.45, 2.75) is 19.8 Å². The number of aromatic nitrogens is 1. The predicted molar refractivity (Wildman–Crippen MR) is 70.5 cm³/mol. The number of amides is 2. The van der Waals surface area contributed by atoms with E-state index < -0.39 is 0 Å². The Labute approximate surface area is 110 Å². The summed E-state index contributed by atoms with van der Waals surface area (Å²) in [6.45, 7) is 2.93. The van der Waals surface area contributed by atoms with Crippen molar-refractivity contribution < 1.29 is 9.59 Å². The van der Waals surface area contributed by atoms with E-state index in [1.807, 2.05) is 5.38 Å². The van der Waals surface area contributed by atoms with Gasteiger partial charge in [0.25, 0.3) is 0 Å². The summed E-state index contributed by atoms with van der Waals surface area (Å²) in [5.74, 6) is 0.205. The molecule has 18 heavy (non-hydrogen) atoms. The van der Waals surface area contributed by atoms with Crippen LogP contribution in [0.5, 0.6) is 0 Å². The zero-order valence-corrected chi connectivity index (χ0v) is 11.4. The van der Waals surface area contributed by atoms with Gasteiger partial charge in [0.05, 0.1) is 0 Å². The van der Waals surface area contributed by atoms with Crippen LogP contribution in [0.15, 0.2) is 11.6 Å². The molecule has 2 heterocycles. The van der Waals surface area contributed by atoms with E-state index in [2.05, 4.69) is 4.98 Å². The number of hydrogen-bond acceptors (Lipinski definition) is 4. The number of hydrogen-bond donors (Lipinski definition) is 0. The maximum absolute atomic E-state index is 12.3. The van der Waals surface area contributed by atoms with Crippen LogP contribution in [0.1, 0.15) is 19.8 Å². The molecule has 5 nitrogen and oxygen atoms in total. The summed E-state index contributed by atoms with van der Waals surface area (Å²) < 4.78 is 0. The SMILES string of the molecule is CC(=O)N1CCC(C(=O)N(C)c2nccs2)CC1. The second kappa shape index (κ2) is 5.48. The summed E-state index contributed by atoms with van der Waals surface area (Å²) in [6, 6.07) is 0. The number of anilines is 1. The molecule has 0 aliphatic carbocycles. The number of likely N-dealkylation sites (tertiary alicyclic amines) is 1. The third kappa shape index (κ3) is 2.69. The predicted octanol–water partition coefficient (Wildman–Crippen LogP) is 1.36. The normalized spacial score (nSPS) is 16.7. The van der Waals surface area contributed by atoms with Crippen LogP contribution in [0.25, 0.3) is 0 Å². The first kappa shape index (κ1) is 13.0. The van der Waals surface area contributed by atoms with Crippen LogP contribution in [0, 0.1) is 5.92 Å². The molecule has 0 atom stereocenters. The van der Waals surface area contributed by atoms with Crippen LogP contribution >= 0.6 is 11.3 Å². The van der Waals surface area contributed by atoms with E-state index in [9.17, 15) is 9.59 Å². The number of nitrogens with zero attached hydrogens (tertiary/aromatic N) is 3. The van der Waals surface area contributed by atoms with Gasteiger partial charge in [0, 0.05) is 44.6 Å². The van der Waals surface area contributed by atoms with Crippen molar-refractivity contribution in [3.8, 4) is 0 Å². The number of carbonyl (C=O) groups is 2. The molecule has 1 saturated heterocycles. The summed E-state index contributed by atoms with van der Waals surface area (Å²) in [5.41, 5.74) is 0. The third-order valence-corrected chi connectivity index (χ3v) is 4.17. The van der Waals surface area contributed by atoms with Gasteiger partial charge in [-0.15, -0.1) is 11.3 Å². The number of rotatable bonds is 2. The molecule has 6 heteroatoms. The van der Waals surface area contributed by atoms with Crippen LogP contribution < -0.4 is 4.90 Å². The van der Waals surface area contributed by atoms with Crippen LogP contribution in [-0.2, 0) is 9.59 Å². The highest BCUT2D eigenvalue weighted by Gasteiger charge is 2.29. The first-order chi connectivity index (χ1) is 8.59. The molecule has 0 saturated carbocycles. The Morgan fingerprint density at radius 3 is 2.61 bits per heavy atom. The van der Waals surface area contributed by atoms with Gasteiger partial charge in [0.2, 0.25) is 11.8 Å². The molecule has 1 aliphatic heterocycles. The van der Waals surface area contributed by atoms with Crippen molar-refractivity contribution in [3.63, 3.8) is 0 Å². The first-order valence-electron chi connectivity index (χ1n) is 6.02. The van der Waals surface area contributed by atoms with Crippen molar-refractivity contribution in [2.75, 3.05) is 25.0 Å². The van der Waals surface area contributed by atoms with Crippen molar-refractivity contribution >= 4 is 28.3 Å². The number of carbonyl (C=O) groups excluding carboxylic acids is 2. The fourth-order valence-corrected chi connectivity index (χ4v) is 2.80. The molecule has 1 aliphatic rings. The minimum absolute atomic E-state index is 0.00880. The second-order valence-corrected chi connectivity index (χ2v) is 5.37. The maximum Gasteiger partial charge on any atom is 0.231 e. The largest absolute Gasteiger partial charge is 0.343 e. The van der Waals surface area contributed by atoms with Gasteiger partial charge < -0.3 is 4.90 Å². The smallest absolute Gasteiger partial charge is 0.231 e. The molecule has 2 rings (SSSR count). The summed E-state index contributed by atoms with van der Waals surface area (Å²) >= 11 is 1.46. The lowest BCUT2D eigenvalue weighted by atomic mass is 9.95. The molecule has 0 spiro atoms. The molecule has 0 aromatic carbocycles. The Kier molecular flexibility index (Phi) is 3.96. The Morgan fingerprint density at radius 2 is 2.11 bits per heavy atom. The monoisotopic (exact) mass is 267 g/mol. The molecule has 0 N–H and O–H groups in total. The van der Waals surface area contributed by atoms with Gasteiger partial charge in [-0.25, -0.2) is 4.98 Å². The summed E-state index contributed by atoms with van der Waals surface area (Å²) in [7, 11) is 1.76. The first-order valence-corrected chi connectivity index (χ1v) is 6.90. The minimum atomic E-state index is 0.00880. The second-order valence-electron chi connectivity index (χ2n) is 4.49. The Hall–Kier alpha value is -1.43. The van der Waals surface area contributed by atoms with Gasteiger partial charge in [0.15, 0.2) is 5.13 Å². The molecule has 1 fully saturated rings. The molecule has 2 amide bonds. The van der Waals surface area contributed by atoms with Crippen LogP contribution in [-0.4, -0.2) is 41.8 Å². The number of piperidine rings is 1. The van der Waals surface area contributed by atoms with Gasteiger partial charge >= 0.3 is 0 Å². The van der Waals surface area contributed by atoms with Gasteiger partial charge in [-0.2, -0.15) is 0 Å². The van der Waals surface area contributed by atoms with Crippen molar-refractivity contribution in [1.82, 2.24) is 9.88 Å². The van der Waals surface area contributed by atoms with E-state index in [4.69, 9.17) is 0 Å². The quantitative estimate of drug-likeness (QED) is 0.813. The summed E-state index contributed by atoms with van der Waals surface area (Å²) in [5, 5.41) is 2.59. The average molecular weight is 267 g/mol. The van der Waals surface area contributed by atoms with Gasteiger partial charge in [-0.1, -0.05) is 0 Å². The molecular weight excluding hydrogens is 250 g/mol. The lowest BCUT2D eigenvalue weighted by Crippen LogP contribution is -2.42. The molecule has 1 aromatic rings. The maximum atomic E-state index is 12.3.